The standard InChI is InChI=1S/C33H33ClF3NO5/c1-6-14-38(15-7-2)18-25-26(42-32(40)22-8-10-23(34)11-9-22)13-12-24-28(39)30(31(33(35,36)37)43-29(24)25)41-27-17-19(3)16-20(4)21(27)5/h8-13,16-17H,6-7,14-15,18H2,1-5H3/p+1. The van der Waals surface area contributed by atoms with Crippen molar-refractivity contribution in [3.8, 4) is 17.2 Å². The smallest absolute Gasteiger partial charge is 0.449 e. The normalized spacial score (nSPS) is 11.8. The van der Waals surface area contributed by atoms with Gasteiger partial charge < -0.3 is 18.8 Å². The van der Waals surface area contributed by atoms with Crippen molar-refractivity contribution in [1.29, 1.82) is 0 Å². The third-order valence-corrected chi connectivity index (χ3v) is 7.48. The lowest BCUT2D eigenvalue weighted by Crippen LogP contribution is -3.10. The number of halogens is 4. The van der Waals surface area contributed by atoms with Crippen LogP contribution in [0.5, 0.6) is 17.2 Å². The van der Waals surface area contributed by atoms with Crippen molar-refractivity contribution in [3.05, 3.63) is 97.4 Å². The lowest BCUT2D eigenvalue weighted by atomic mass is 10.1. The summed E-state index contributed by atoms with van der Waals surface area (Å²) >= 11 is 5.94. The molecule has 4 rings (SSSR count). The molecular formula is C33H34ClF3NO5+. The highest BCUT2D eigenvalue weighted by molar-refractivity contribution is 6.30. The van der Waals surface area contributed by atoms with Crippen molar-refractivity contribution in [2.45, 2.75) is 60.2 Å². The Morgan fingerprint density at radius 3 is 2.21 bits per heavy atom. The number of benzene rings is 3. The van der Waals surface area contributed by atoms with Gasteiger partial charge in [0.15, 0.2) is 5.58 Å². The molecule has 0 radical (unpaired) electrons. The maximum absolute atomic E-state index is 14.5. The van der Waals surface area contributed by atoms with Gasteiger partial charge in [0.2, 0.25) is 11.2 Å². The molecule has 0 atom stereocenters. The predicted molar refractivity (Wildman–Crippen MR) is 160 cm³/mol. The number of fused-ring (bicyclic) bond motifs is 1. The third-order valence-electron chi connectivity index (χ3n) is 7.23. The van der Waals surface area contributed by atoms with Gasteiger partial charge in [-0.1, -0.05) is 31.5 Å². The fourth-order valence-electron chi connectivity index (χ4n) is 5.04. The Bertz CT molecular complexity index is 1690. The second kappa shape index (κ2) is 13.2. The van der Waals surface area contributed by atoms with Crippen LogP contribution in [0, 0.1) is 20.8 Å². The lowest BCUT2D eigenvalue weighted by molar-refractivity contribution is -0.913. The van der Waals surface area contributed by atoms with Gasteiger partial charge in [-0.2, -0.15) is 13.2 Å². The van der Waals surface area contributed by atoms with E-state index in [1.807, 2.05) is 26.8 Å². The number of rotatable bonds is 10. The molecule has 1 heterocycles. The average molecular weight is 617 g/mol. The minimum atomic E-state index is -5.05. The van der Waals surface area contributed by atoms with E-state index >= 15 is 0 Å². The van der Waals surface area contributed by atoms with E-state index in [9.17, 15) is 22.8 Å². The van der Waals surface area contributed by atoms with Crippen molar-refractivity contribution in [3.63, 3.8) is 0 Å². The van der Waals surface area contributed by atoms with E-state index in [1.54, 1.807) is 19.9 Å². The highest BCUT2D eigenvalue weighted by Gasteiger charge is 2.41. The summed E-state index contributed by atoms with van der Waals surface area (Å²) in [6, 6.07) is 12.2. The number of ether oxygens (including phenoxy) is 2. The van der Waals surface area contributed by atoms with Crippen LogP contribution in [0.3, 0.4) is 0 Å². The van der Waals surface area contributed by atoms with Gasteiger partial charge in [-0.25, -0.2) is 4.79 Å². The lowest BCUT2D eigenvalue weighted by Gasteiger charge is -2.21. The van der Waals surface area contributed by atoms with E-state index in [2.05, 4.69) is 0 Å². The topological polar surface area (TPSA) is 70.2 Å². The quantitative estimate of drug-likeness (QED) is 0.147. The number of hydrogen-bond donors (Lipinski definition) is 1. The molecule has 0 amide bonds. The summed E-state index contributed by atoms with van der Waals surface area (Å²) in [5.41, 5.74) is 1.28. The van der Waals surface area contributed by atoms with Crippen LogP contribution in [0.1, 0.15) is 65.1 Å². The zero-order valence-corrected chi connectivity index (χ0v) is 25.5. The second-order valence-corrected chi connectivity index (χ2v) is 11.1. The summed E-state index contributed by atoms with van der Waals surface area (Å²) in [7, 11) is 0. The first-order valence-electron chi connectivity index (χ1n) is 14.1. The van der Waals surface area contributed by atoms with Gasteiger partial charge in [0.25, 0.3) is 5.76 Å². The molecule has 0 aliphatic carbocycles. The molecule has 3 aromatic carbocycles. The number of carbonyl (C=O) groups excluding carboxylic acids is 1. The van der Waals surface area contributed by atoms with Crippen molar-refractivity contribution in [2.75, 3.05) is 13.1 Å². The van der Waals surface area contributed by atoms with Gasteiger partial charge in [0, 0.05) is 5.02 Å². The number of hydrogen-bond acceptors (Lipinski definition) is 5. The fourth-order valence-corrected chi connectivity index (χ4v) is 5.17. The van der Waals surface area contributed by atoms with E-state index in [1.165, 1.54) is 36.4 Å². The molecule has 0 spiro atoms. The molecule has 6 nitrogen and oxygen atoms in total. The number of quaternary nitrogens is 1. The van der Waals surface area contributed by atoms with E-state index in [0.717, 1.165) is 28.9 Å². The average Bonchev–Trinajstić information content (AvgIpc) is 2.93. The molecule has 10 heteroatoms. The number of aryl methyl sites for hydroxylation is 2. The largest absolute Gasteiger partial charge is 0.453 e. The number of esters is 1. The SMILES string of the molecule is CCC[NH+](CCC)Cc1c(OC(=O)c2ccc(Cl)cc2)ccc2c(=O)c(Oc3cc(C)cc(C)c3C)c(C(F)(F)F)oc12. The highest BCUT2D eigenvalue weighted by Crippen LogP contribution is 2.41. The van der Waals surface area contributed by atoms with Crippen molar-refractivity contribution in [1.82, 2.24) is 0 Å². The van der Waals surface area contributed by atoms with Crippen molar-refractivity contribution < 1.29 is 36.8 Å². The zero-order chi connectivity index (χ0) is 31.5. The van der Waals surface area contributed by atoms with Gasteiger partial charge in [0.05, 0.1) is 29.6 Å². The first kappa shape index (κ1) is 32.1. The Balaban J connectivity index is 1.94. The molecule has 43 heavy (non-hydrogen) atoms. The van der Waals surface area contributed by atoms with Crippen LogP contribution < -0.4 is 19.8 Å². The summed E-state index contributed by atoms with van der Waals surface area (Å²) in [5, 5.41) is 0.315. The molecule has 0 saturated carbocycles. The first-order valence-corrected chi connectivity index (χ1v) is 14.5. The van der Waals surface area contributed by atoms with E-state index in [-0.39, 0.29) is 40.1 Å². The van der Waals surface area contributed by atoms with E-state index in [4.69, 9.17) is 25.5 Å². The molecule has 0 unspecified atom stereocenters. The summed E-state index contributed by atoms with van der Waals surface area (Å²) < 4.78 is 60.5. The van der Waals surface area contributed by atoms with Crippen LogP contribution in [0.25, 0.3) is 11.0 Å². The second-order valence-electron chi connectivity index (χ2n) is 10.6. The number of carbonyl (C=O) groups is 1. The number of alkyl halides is 3. The molecule has 1 aromatic heterocycles. The Morgan fingerprint density at radius 1 is 0.953 bits per heavy atom. The van der Waals surface area contributed by atoms with Crippen molar-refractivity contribution >= 4 is 28.5 Å². The third kappa shape index (κ3) is 7.22. The molecule has 4 aromatic rings. The zero-order valence-electron chi connectivity index (χ0n) is 24.7. The van der Waals surface area contributed by atoms with Gasteiger partial charge in [-0.05, 0) is 92.8 Å². The summed E-state index contributed by atoms with van der Waals surface area (Å²) in [4.78, 5) is 27.8. The molecule has 228 valence electrons. The van der Waals surface area contributed by atoms with Crippen molar-refractivity contribution in [2.24, 2.45) is 0 Å². The molecule has 0 aliphatic heterocycles. The molecule has 0 saturated heterocycles. The summed E-state index contributed by atoms with van der Waals surface area (Å²) in [5.74, 6) is -3.10. The minimum Gasteiger partial charge on any atom is -0.449 e. The summed E-state index contributed by atoms with van der Waals surface area (Å²) in [6.45, 7) is 10.9. The van der Waals surface area contributed by atoms with Gasteiger partial charge in [0.1, 0.15) is 18.0 Å². The first-order chi connectivity index (χ1) is 20.3. The van der Waals surface area contributed by atoms with Gasteiger partial charge in [-0.15, -0.1) is 0 Å². The van der Waals surface area contributed by atoms with Crippen LogP contribution in [0.4, 0.5) is 13.2 Å². The Morgan fingerprint density at radius 2 is 1.60 bits per heavy atom. The molecule has 0 aliphatic rings. The van der Waals surface area contributed by atoms with E-state index < -0.39 is 29.1 Å². The molecule has 1 N–H and O–H groups in total. The maximum atomic E-state index is 14.5. The minimum absolute atomic E-state index is 0.00672. The van der Waals surface area contributed by atoms with Crippen LogP contribution in [-0.2, 0) is 12.7 Å². The van der Waals surface area contributed by atoms with E-state index in [0.29, 0.717) is 23.7 Å². The predicted octanol–water partition coefficient (Wildman–Crippen LogP) is 7.61. The summed E-state index contributed by atoms with van der Waals surface area (Å²) in [6.07, 6.45) is -3.43. The van der Waals surface area contributed by atoms with Crippen LogP contribution in [0.15, 0.2) is 57.7 Å². The fraction of sp³-hybridized carbons (Fsp3) is 0.333. The van der Waals surface area contributed by atoms with Crippen LogP contribution in [-0.4, -0.2) is 19.1 Å². The van der Waals surface area contributed by atoms with Gasteiger partial charge >= 0.3 is 12.1 Å². The molecule has 0 bridgehead atoms. The Labute approximate surface area is 253 Å². The van der Waals surface area contributed by atoms with Crippen LogP contribution in [0.2, 0.25) is 5.02 Å². The highest BCUT2D eigenvalue weighted by atomic mass is 35.5. The monoisotopic (exact) mass is 616 g/mol. The Kier molecular flexibility index (Phi) is 9.87. The maximum Gasteiger partial charge on any atom is 0.453 e. The van der Waals surface area contributed by atoms with Crippen LogP contribution >= 0.6 is 11.6 Å². The molecular weight excluding hydrogens is 583 g/mol. The molecule has 0 fully saturated rings. The Hall–Kier alpha value is -3.82. The van der Waals surface area contributed by atoms with Gasteiger partial charge in [-0.3, -0.25) is 4.79 Å². The number of nitrogens with one attached hydrogen (secondary N) is 1.